The quantitative estimate of drug-likeness (QED) is 0.575. The molecule has 0 atom stereocenters. The molecule has 0 heterocycles. The highest BCUT2D eigenvalue weighted by Crippen LogP contribution is 2.15. The highest BCUT2D eigenvalue weighted by molar-refractivity contribution is 6.00. The van der Waals surface area contributed by atoms with Crippen molar-refractivity contribution in [1.82, 2.24) is 0 Å². The molecule has 0 spiro atoms. The van der Waals surface area contributed by atoms with Crippen molar-refractivity contribution in [3.8, 4) is 6.07 Å². The molecule has 0 bridgehead atoms. The van der Waals surface area contributed by atoms with Gasteiger partial charge in [0.05, 0.1) is 11.6 Å². The molecule has 0 saturated heterocycles. The van der Waals surface area contributed by atoms with E-state index in [1.165, 1.54) is 0 Å². The summed E-state index contributed by atoms with van der Waals surface area (Å²) in [5.74, 6) is 0.0444. The average Bonchev–Trinajstić information content (AvgIpc) is 2.46. The molecule has 0 aliphatic heterocycles. The molecule has 2 aromatic carbocycles. The number of nitriles is 1. The smallest absolute Gasteiger partial charge is 0.124 e. The summed E-state index contributed by atoms with van der Waals surface area (Å²) in [5.41, 5.74) is 8.77. The normalized spacial score (nSPS) is 9.63. The molecule has 4 heteroatoms. The number of amidine groups is 1. The third kappa shape index (κ3) is 3.11. The summed E-state index contributed by atoms with van der Waals surface area (Å²) in [6.45, 7) is 0.621. The van der Waals surface area contributed by atoms with Crippen LogP contribution in [0.25, 0.3) is 0 Å². The summed E-state index contributed by atoms with van der Waals surface area (Å²) in [6, 6.07) is 16.9. The second kappa shape index (κ2) is 5.69. The van der Waals surface area contributed by atoms with Crippen molar-refractivity contribution < 1.29 is 0 Å². The van der Waals surface area contributed by atoms with Gasteiger partial charge in [-0.15, -0.1) is 0 Å². The third-order valence-electron chi connectivity index (χ3n) is 2.78. The molecule has 0 fully saturated rings. The Labute approximate surface area is 112 Å². The zero-order valence-electron chi connectivity index (χ0n) is 10.4. The summed E-state index contributed by atoms with van der Waals surface area (Å²) < 4.78 is 0. The Morgan fingerprint density at radius 3 is 2.47 bits per heavy atom. The second-order valence-electron chi connectivity index (χ2n) is 4.12. The van der Waals surface area contributed by atoms with E-state index in [-0.39, 0.29) is 5.84 Å². The van der Waals surface area contributed by atoms with E-state index in [0.717, 1.165) is 11.3 Å². The molecule has 4 nitrogen and oxygen atoms in total. The number of rotatable bonds is 4. The Bertz CT molecular complexity index is 623. The number of anilines is 1. The number of nitrogens with two attached hydrogens (primary N) is 1. The number of nitrogens with one attached hydrogen (secondary N) is 2. The van der Waals surface area contributed by atoms with E-state index < -0.39 is 0 Å². The molecule has 0 aromatic heterocycles. The molecule has 94 valence electrons. The fraction of sp³-hybridized carbons (Fsp3) is 0.0667. The van der Waals surface area contributed by atoms with Crippen LogP contribution < -0.4 is 11.1 Å². The van der Waals surface area contributed by atoms with Gasteiger partial charge in [0.1, 0.15) is 5.84 Å². The first-order valence-electron chi connectivity index (χ1n) is 5.87. The van der Waals surface area contributed by atoms with Gasteiger partial charge >= 0.3 is 0 Å². The monoisotopic (exact) mass is 250 g/mol. The fourth-order valence-electron chi connectivity index (χ4n) is 1.77. The van der Waals surface area contributed by atoms with Gasteiger partial charge in [-0.2, -0.15) is 5.26 Å². The van der Waals surface area contributed by atoms with E-state index >= 15 is 0 Å². The lowest BCUT2D eigenvalue weighted by molar-refractivity contribution is 1.14. The van der Waals surface area contributed by atoms with Crippen LogP contribution in [0.15, 0.2) is 48.5 Å². The van der Waals surface area contributed by atoms with Gasteiger partial charge in [0.2, 0.25) is 0 Å². The largest absolute Gasteiger partial charge is 0.384 e. The average molecular weight is 250 g/mol. The van der Waals surface area contributed by atoms with Gasteiger partial charge in [-0.3, -0.25) is 5.41 Å². The maximum Gasteiger partial charge on any atom is 0.124 e. The predicted octanol–water partition coefficient (Wildman–Crippen LogP) is 2.45. The van der Waals surface area contributed by atoms with Crippen LogP contribution in [-0.2, 0) is 6.54 Å². The van der Waals surface area contributed by atoms with Gasteiger partial charge < -0.3 is 11.1 Å². The van der Waals surface area contributed by atoms with E-state index in [9.17, 15) is 0 Å². The Balaban J connectivity index is 2.10. The maximum atomic E-state index is 8.73. The minimum atomic E-state index is 0.0444. The van der Waals surface area contributed by atoms with Crippen molar-refractivity contribution in [2.75, 3.05) is 5.32 Å². The molecule has 0 unspecified atom stereocenters. The van der Waals surface area contributed by atoms with Crippen LogP contribution in [0.2, 0.25) is 0 Å². The number of hydrogen-bond donors (Lipinski definition) is 3. The number of hydrogen-bond acceptors (Lipinski definition) is 3. The van der Waals surface area contributed by atoms with Gasteiger partial charge in [0.15, 0.2) is 0 Å². The lowest BCUT2D eigenvalue weighted by Gasteiger charge is -2.11. The van der Waals surface area contributed by atoms with E-state index in [4.69, 9.17) is 16.4 Å². The first kappa shape index (κ1) is 12.7. The minimum absolute atomic E-state index is 0.0444. The summed E-state index contributed by atoms with van der Waals surface area (Å²) >= 11 is 0. The zero-order valence-corrected chi connectivity index (χ0v) is 10.4. The van der Waals surface area contributed by atoms with E-state index in [1.54, 1.807) is 12.1 Å². The fourth-order valence-corrected chi connectivity index (χ4v) is 1.77. The highest BCUT2D eigenvalue weighted by Gasteiger charge is 2.03. The molecule has 19 heavy (non-hydrogen) atoms. The molecular weight excluding hydrogens is 236 g/mol. The van der Waals surface area contributed by atoms with Crippen LogP contribution in [0.3, 0.4) is 0 Å². The van der Waals surface area contributed by atoms with Crippen molar-refractivity contribution in [3.05, 3.63) is 65.2 Å². The van der Waals surface area contributed by atoms with Crippen molar-refractivity contribution in [3.63, 3.8) is 0 Å². The number of para-hydroxylation sites is 1. The summed E-state index contributed by atoms with van der Waals surface area (Å²) in [6.07, 6.45) is 0. The first-order valence-corrected chi connectivity index (χ1v) is 5.87. The first-order chi connectivity index (χ1) is 9.20. The molecule has 0 aliphatic rings. The molecule has 4 N–H and O–H groups in total. The topological polar surface area (TPSA) is 85.7 Å². The van der Waals surface area contributed by atoms with Gasteiger partial charge in [-0.25, -0.2) is 0 Å². The highest BCUT2D eigenvalue weighted by atomic mass is 14.9. The van der Waals surface area contributed by atoms with Crippen LogP contribution in [0.5, 0.6) is 0 Å². The molecule has 2 rings (SSSR count). The van der Waals surface area contributed by atoms with Crippen LogP contribution >= 0.6 is 0 Å². The van der Waals surface area contributed by atoms with Crippen LogP contribution in [0.4, 0.5) is 5.69 Å². The summed E-state index contributed by atoms with van der Waals surface area (Å²) in [4.78, 5) is 0. The second-order valence-corrected chi connectivity index (χ2v) is 4.12. The third-order valence-corrected chi connectivity index (χ3v) is 2.78. The van der Waals surface area contributed by atoms with Crippen molar-refractivity contribution >= 4 is 11.5 Å². The number of benzene rings is 2. The molecular formula is C15H14N4. The lowest BCUT2D eigenvalue weighted by atomic mass is 10.1. The maximum absolute atomic E-state index is 8.73. The summed E-state index contributed by atoms with van der Waals surface area (Å²) in [5, 5.41) is 19.5. The van der Waals surface area contributed by atoms with Gasteiger partial charge in [0.25, 0.3) is 0 Å². The van der Waals surface area contributed by atoms with Crippen molar-refractivity contribution in [2.45, 2.75) is 6.54 Å². The standard InChI is InChI=1S/C15H14N4/c16-9-11-5-7-12(8-6-11)10-19-14-4-2-1-3-13(14)15(17)18/h1-8,19H,10H2,(H3,17,18). The Morgan fingerprint density at radius 1 is 1.16 bits per heavy atom. The molecule has 0 aliphatic carbocycles. The van der Waals surface area contributed by atoms with Crippen LogP contribution in [0.1, 0.15) is 16.7 Å². The molecule has 0 radical (unpaired) electrons. The van der Waals surface area contributed by atoms with Gasteiger partial charge in [-0.05, 0) is 29.8 Å². The van der Waals surface area contributed by atoms with E-state index in [1.807, 2.05) is 36.4 Å². The molecule has 0 amide bonds. The predicted molar refractivity (Wildman–Crippen MR) is 75.9 cm³/mol. The molecule has 2 aromatic rings. The van der Waals surface area contributed by atoms with E-state index in [0.29, 0.717) is 17.7 Å². The lowest BCUT2D eigenvalue weighted by Crippen LogP contribution is -2.14. The van der Waals surface area contributed by atoms with Gasteiger partial charge in [-0.1, -0.05) is 24.3 Å². The number of nitrogen functional groups attached to an aromatic ring is 1. The van der Waals surface area contributed by atoms with Crippen LogP contribution in [-0.4, -0.2) is 5.84 Å². The number of nitrogens with zero attached hydrogens (tertiary/aromatic N) is 1. The van der Waals surface area contributed by atoms with Gasteiger partial charge in [0, 0.05) is 17.8 Å². The van der Waals surface area contributed by atoms with Crippen LogP contribution in [0, 0.1) is 16.7 Å². The van der Waals surface area contributed by atoms with Crippen molar-refractivity contribution in [2.24, 2.45) is 5.73 Å². The Kier molecular flexibility index (Phi) is 3.79. The Hall–Kier alpha value is -2.80. The van der Waals surface area contributed by atoms with Crippen molar-refractivity contribution in [1.29, 1.82) is 10.7 Å². The van der Waals surface area contributed by atoms with E-state index in [2.05, 4.69) is 11.4 Å². The SMILES string of the molecule is N#Cc1ccc(CNc2ccccc2C(=N)N)cc1. The molecule has 0 saturated carbocycles. The summed E-state index contributed by atoms with van der Waals surface area (Å²) in [7, 11) is 0. The minimum Gasteiger partial charge on any atom is -0.384 e. The zero-order chi connectivity index (χ0) is 13.7. The Morgan fingerprint density at radius 2 is 1.84 bits per heavy atom.